The van der Waals surface area contributed by atoms with E-state index in [2.05, 4.69) is 81.5 Å². The third-order valence-electron chi connectivity index (χ3n) is 10.7. The van der Waals surface area contributed by atoms with Gasteiger partial charge in [-0.1, -0.05) is 191 Å². The van der Waals surface area contributed by atoms with Gasteiger partial charge in [0.1, 0.15) is 13.2 Å². The van der Waals surface area contributed by atoms with E-state index >= 15 is 0 Å². The van der Waals surface area contributed by atoms with Crippen molar-refractivity contribution >= 4 is 17.9 Å². The van der Waals surface area contributed by atoms with Gasteiger partial charge >= 0.3 is 17.9 Å². The normalized spacial score (nSPS) is 12.5. The minimum atomic E-state index is -0.792. The number of carbonyl (C=O) groups excluding carboxylic acids is 3. The second kappa shape index (κ2) is 48.8. The molecule has 0 aromatic rings. The molecule has 0 aromatic heterocycles. The molecule has 0 saturated carbocycles. The molecule has 6 nitrogen and oxygen atoms in total. The molecule has 0 aromatic carbocycles. The van der Waals surface area contributed by atoms with E-state index in [0.29, 0.717) is 19.3 Å². The Kier molecular flexibility index (Phi) is 46.4. The van der Waals surface area contributed by atoms with Gasteiger partial charge in [0, 0.05) is 19.3 Å². The van der Waals surface area contributed by atoms with E-state index in [9.17, 15) is 14.4 Å². The quantitative estimate of drug-likeness (QED) is 0.0263. The van der Waals surface area contributed by atoms with Crippen LogP contribution in [0.4, 0.5) is 0 Å². The van der Waals surface area contributed by atoms with Crippen molar-refractivity contribution in [1.29, 1.82) is 0 Å². The van der Waals surface area contributed by atoms with Crippen LogP contribution < -0.4 is 0 Å². The predicted octanol–water partition coefficient (Wildman–Crippen LogP) is 16.5. The summed E-state index contributed by atoms with van der Waals surface area (Å²) in [7, 11) is 0. The molecule has 1 atom stereocenters. The summed E-state index contributed by atoms with van der Waals surface area (Å²) >= 11 is 0. The fraction of sp³-hybridized carbons (Fsp3) is 0.759. The summed E-state index contributed by atoms with van der Waals surface area (Å²) in [6.45, 7) is 6.45. The zero-order valence-corrected chi connectivity index (χ0v) is 39.5. The van der Waals surface area contributed by atoms with Crippen LogP contribution in [0.25, 0.3) is 0 Å². The van der Waals surface area contributed by atoms with Crippen LogP contribution in [0.5, 0.6) is 0 Å². The van der Waals surface area contributed by atoms with Crippen molar-refractivity contribution < 1.29 is 28.6 Å². The Morgan fingerprint density at radius 3 is 1.10 bits per heavy atom. The number of unbranched alkanes of at least 4 members (excludes halogenated alkanes) is 24. The van der Waals surface area contributed by atoms with Gasteiger partial charge in [-0.2, -0.15) is 0 Å². The molecular weight excluding hydrogens is 745 g/mol. The number of hydrogen-bond donors (Lipinski definition) is 0. The lowest BCUT2D eigenvalue weighted by Crippen LogP contribution is -2.30. The van der Waals surface area contributed by atoms with Gasteiger partial charge < -0.3 is 14.2 Å². The SMILES string of the molecule is CC/C=C\C/C=C\C/C=C\CCCCCC(=O)OC(COC(=O)CCCCCCC/C=C\CCCC)COC(=O)CCCCCCCCC/C=C\CCCCCCCCC. The molecule has 60 heavy (non-hydrogen) atoms. The molecule has 0 radical (unpaired) electrons. The summed E-state index contributed by atoms with van der Waals surface area (Å²) < 4.78 is 16.7. The van der Waals surface area contributed by atoms with Gasteiger partial charge in [0.15, 0.2) is 6.10 Å². The van der Waals surface area contributed by atoms with Gasteiger partial charge in [-0.3, -0.25) is 14.4 Å². The van der Waals surface area contributed by atoms with Crippen molar-refractivity contribution in [3.8, 4) is 0 Å². The van der Waals surface area contributed by atoms with Gasteiger partial charge in [-0.15, -0.1) is 0 Å². The molecule has 6 heteroatoms. The molecule has 0 bridgehead atoms. The molecule has 0 fully saturated rings. The standard InChI is InChI=1S/C54H94O6/c1-4-7-10-13-16-19-22-24-25-26-27-28-30-32-35-38-41-44-47-53(56)59-50-51(49-58-52(55)46-43-40-37-34-31-21-18-15-12-9-6-3)60-54(57)48-45-42-39-36-33-29-23-20-17-14-11-8-5-2/h8,11,15,17-18,20,25-26,29,33,51H,4-7,9-10,12-14,16,19,21-24,27-28,30-32,34-50H2,1-3H3/b11-8-,18-15-,20-17-,26-25-,33-29-. The molecule has 0 amide bonds. The number of rotatable bonds is 45. The number of allylic oxidation sites excluding steroid dienone is 10. The summed E-state index contributed by atoms with van der Waals surface area (Å²) in [4.78, 5) is 37.9. The molecule has 0 aliphatic carbocycles. The third kappa shape index (κ3) is 46.2. The molecular formula is C54H94O6. The van der Waals surface area contributed by atoms with Crippen LogP contribution in [-0.4, -0.2) is 37.2 Å². The van der Waals surface area contributed by atoms with Crippen molar-refractivity contribution in [1.82, 2.24) is 0 Å². The minimum absolute atomic E-state index is 0.0909. The van der Waals surface area contributed by atoms with Crippen LogP contribution in [0, 0.1) is 0 Å². The van der Waals surface area contributed by atoms with E-state index in [1.165, 1.54) is 116 Å². The largest absolute Gasteiger partial charge is 0.462 e. The Morgan fingerprint density at radius 1 is 0.350 bits per heavy atom. The molecule has 0 aliphatic heterocycles. The van der Waals surface area contributed by atoms with Crippen molar-refractivity contribution in [2.24, 2.45) is 0 Å². The Morgan fingerprint density at radius 2 is 0.667 bits per heavy atom. The topological polar surface area (TPSA) is 78.9 Å². The second-order valence-electron chi connectivity index (χ2n) is 16.7. The summed E-state index contributed by atoms with van der Waals surface area (Å²) in [6.07, 6.45) is 59.2. The zero-order chi connectivity index (χ0) is 43.7. The molecule has 0 rings (SSSR count). The fourth-order valence-corrected chi connectivity index (χ4v) is 6.90. The third-order valence-corrected chi connectivity index (χ3v) is 10.7. The first-order valence-corrected chi connectivity index (χ1v) is 25.3. The van der Waals surface area contributed by atoms with Crippen LogP contribution in [0.2, 0.25) is 0 Å². The summed E-state index contributed by atoms with van der Waals surface area (Å²) in [6, 6.07) is 0. The molecule has 0 heterocycles. The highest BCUT2D eigenvalue weighted by atomic mass is 16.6. The van der Waals surface area contributed by atoms with Crippen LogP contribution in [0.1, 0.15) is 245 Å². The van der Waals surface area contributed by atoms with Crippen molar-refractivity contribution in [2.75, 3.05) is 13.2 Å². The Balaban J connectivity index is 4.38. The molecule has 0 N–H and O–H groups in total. The van der Waals surface area contributed by atoms with Gasteiger partial charge in [0.2, 0.25) is 0 Å². The highest BCUT2D eigenvalue weighted by molar-refractivity contribution is 5.71. The summed E-state index contributed by atoms with van der Waals surface area (Å²) in [5.74, 6) is -0.933. The lowest BCUT2D eigenvalue weighted by atomic mass is 10.1. The summed E-state index contributed by atoms with van der Waals surface area (Å²) in [5.41, 5.74) is 0. The van der Waals surface area contributed by atoms with E-state index in [-0.39, 0.29) is 31.1 Å². The van der Waals surface area contributed by atoms with Crippen LogP contribution in [0.3, 0.4) is 0 Å². The maximum Gasteiger partial charge on any atom is 0.306 e. The van der Waals surface area contributed by atoms with E-state index in [1.807, 2.05) is 0 Å². The van der Waals surface area contributed by atoms with Crippen molar-refractivity contribution in [2.45, 2.75) is 252 Å². The Labute approximate surface area is 370 Å². The molecule has 0 spiro atoms. The smallest absolute Gasteiger partial charge is 0.306 e. The lowest BCUT2D eigenvalue weighted by Gasteiger charge is -2.18. The first-order chi connectivity index (χ1) is 29.5. The van der Waals surface area contributed by atoms with Crippen molar-refractivity contribution in [3.05, 3.63) is 60.8 Å². The summed E-state index contributed by atoms with van der Waals surface area (Å²) in [5, 5.41) is 0. The predicted molar refractivity (Wildman–Crippen MR) is 256 cm³/mol. The number of ether oxygens (including phenoxy) is 3. The Hall–Kier alpha value is -2.89. The zero-order valence-electron chi connectivity index (χ0n) is 39.5. The fourth-order valence-electron chi connectivity index (χ4n) is 6.90. The average molecular weight is 839 g/mol. The maximum absolute atomic E-state index is 12.7. The van der Waals surface area contributed by atoms with E-state index in [1.54, 1.807) is 0 Å². The van der Waals surface area contributed by atoms with Crippen molar-refractivity contribution in [3.63, 3.8) is 0 Å². The molecule has 1 unspecified atom stereocenters. The maximum atomic E-state index is 12.7. The van der Waals surface area contributed by atoms with Crippen LogP contribution >= 0.6 is 0 Å². The van der Waals surface area contributed by atoms with Crippen LogP contribution in [-0.2, 0) is 28.6 Å². The van der Waals surface area contributed by atoms with Crippen LogP contribution in [0.15, 0.2) is 60.8 Å². The lowest BCUT2D eigenvalue weighted by molar-refractivity contribution is -0.167. The number of hydrogen-bond acceptors (Lipinski definition) is 6. The van der Waals surface area contributed by atoms with Gasteiger partial charge in [-0.25, -0.2) is 0 Å². The first-order valence-electron chi connectivity index (χ1n) is 25.3. The van der Waals surface area contributed by atoms with Gasteiger partial charge in [0.25, 0.3) is 0 Å². The van der Waals surface area contributed by atoms with Gasteiger partial charge in [0.05, 0.1) is 0 Å². The van der Waals surface area contributed by atoms with E-state index < -0.39 is 6.10 Å². The minimum Gasteiger partial charge on any atom is -0.462 e. The van der Waals surface area contributed by atoms with E-state index in [0.717, 1.165) is 89.9 Å². The van der Waals surface area contributed by atoms with E-state index in [4.69, 9.17) is 14.2 Å². The molecule has 0 aliphatic rings. The Bertz CT molecular complexity index is 1100. The second-order valence-corrected chi connectivity index (χ2v) is 16.7. The molecule has 346 valence electrons. The first kappa shape index (κ1) is 57.1. The number of carbonyl (C=O) groups is 3. The highest BCUT2D eigenvalue weighted by Gasteiger charge is 2.19. The number of esters is 3. The van der Waals surface area contributed by atoms with Gasteiger partial charge in [-0.05, 0) is 96.3 Å². The highest BCUT2D eigenvalue weighted by Crippen LogP contribution is 2.14. The molecule has 0 saturated heterocycles. The average Bonchev–Trinajstić information content (AvgIpc) is 3.24. The monoisotopic (exact) mass is 839 g/mol.